The van der Waals surface area contributed by atoms with Crippen molar-refractivity contribution in [3.8, 4) is 0 Å². The summed E-state index contributed by atoms with van der Waals surface area (Å²) in [5.41, 5.74) is -0.306. The number of hydrogen-bond donors (Lipinski definition) is 0. The maximum absolute atomic E-state index is 11.6. The molecule has 0 bridgehead atoms. The van der Waals surface area contributed by atoms with Gasteiger partial charge < -0.3 is 9.47 Å². The Morgan fingerprint density at radius 2 is 1.50 bits per heavy atom. The van der Waals surface area contributed by atoms with Crippen LogP contribution in [0.3, 0.4) is 0 Å². The smallest absolute Gasteiger partial charge is 0.345 e. The fourth-order valence-electron chi connectivity index (χ4n) is 1.38. The topological polar surface area (TPSA) is 69.7 Å². The third-order valence-electron chi connectivity index (χ3n) is 2.17. The Bertz CT molecular complexity index is 485. The fraction of sp³-hybridized carbons (Fsp3) is 0.400. The van der Waals surface area contributed by atoms with Crippen LogP contribution in [0.5, 0.6) is 0 Å². The Hall–Kier alpha value is -2.17. The predicted molar refractivity (Wildman–Crippen MR) is 71.9 cm³/mol. The van der Waals surface area contributed by atoms with Crippen molar-refractivity contribution in [1.29, 1.82) is 0 Å². The number of esters is 3. The number of carbonyl (C=O) groups is 3. The molecule has 1 rings (SSSR count). The van der Waals surface area contributed by atoms with Gasteiger partial charge in [-0.25, -0.2) is 4.79 Å². The van der Waals surface area contributed by atoms with Crippen molar-refractivity contribution in [1.82, 2.24) is 0 Å². The molecule has 0 radical (unpaired) electrons. The first-order valence-electron chi connectivity index (χ1n) is 6.30. The summed E-state index contributed by atoms with van der Waals surface area (Å²) in [6.07, 6.45) is -0.300. The van der Waals surface area contributed by atoms with Crippen LogP contribution in [0.15, 0.2) is 30.3 Å². The van der Waals surface area contributed by atoms with Crippen molar-refractivity contribution in [3.63, 3.8) is 0 Å². The Labute approximate surface area is 117 Å². The van der Waals surface area contributed by atoms with Gasteiger partial charge in [0.15, 0.2) is 0 Å². The van der Waals surface area contributed by atoms with Gasteiger partial charge in [0, 0.05) is 0 Å². The second-order valence-corrected chi connectivity index (χ2v) is 5.21. The molecular formula is C15H18O5. The van der Waals surface area contributed by atoms with Gasteiger partial charge in [-0.05, 0) is 32.9 Å². The average Bonchev–Trinajstić information content (AvgIpc) is 2.35. The zero-order chi connectivity index (χ0) is 15.2. The highest BCUT2D eigenvalue weighted by Gasteiger charge is 2.19. The van der Waals surface area contributed by atoms with Crippen LogP contribution >= 0.6 is 0 Å². The lowest BCUT2D eigenvalue weighted by molar-refractivity contribution is -0.157. The molecule has 0 aromatic heterocycles. The van der Waals surface area contributed by atoms with Gasteiger partial charge in [0.2, 0.25) is 0 Å². The Morgan fingerprint density at radius 1 is 0.950 bits per heavy atom. The molecule has 0 heterocycles. The number of ether oxygens (including phenoxy) is 2. The minimum Gasteiger partial charge on any atom is -0.460 e. The molecule has 1 aromatic carbocycles. The Kier molecular flexibility index (Phi) is 5.43. The van der Waals surface area contributed by atoms with E-state index in [9.17, 15) is 14.4 Å². The van der Waals surface area contributed by atoms with Gasteiger partial charge >= 0.3 is 17.9 Å². The molecule has 1 aromatic rings. The van der Waals surface area contributed by atoms with Crippen LogP contribution in [0.2, 0.25) is 0 Å². The van der Waals surface area contributed by atoms with E-state index in [0.717, 1.165) is 0 Å². The average molecular weight is 278 g/mol. The molecule has 0 amide bonds. The molecule has 0 fully saturated rings. The van der Waals surface area contributed by atoms with Gasteiger partial charge in [-0.15, -0.1) is 0 Å². The third kappa shape index (κ3) is 6.13. The van der Waals surface area contributed by atoms with Gasteiger partial charge in [0.25, 0.3) is 0 Å². The molecule has 0 spiro atoms. The third-order valence-corrected chi connectivity index (χ3v) is 2.17. The van der Waals surface area contributed by atoms with Crippen LogP contribution in [-0.2, 0) is 19.1 Å². The summed E-state index contributed by atoms with van der Waals surface area (Å²) < 4.78 is 9.68. The number of benzene rings is 1. The number of rotatable bonds is 4. The SMILES string of the molecule is CC(C)(C)OC(=O)CCC(=O)OC(=O)c1ccccc1. The van der Waals surface area contributed by atoms with Crippen molar-refractivity contribution in [2.75, 3.05) is 0 Å². The molecule has 0 N–H and O–H groups in total. The van der Waals surface area contributed by atoms with E-state index in [1.54, 1.807) is 51.1 Å². The summed E-state index contributed by atoms with van der Waals surface area (Å²) in [6, 6.07) is 8.18. The molecule has 5 nitrogen and oxygen atoms in total. The van der Waals surface area contributed by atoms with E-state index in [2.05, 4.69) is 4.74 Å². The molecule has 0 aliphatic rings. The fourth-order valence-corrected chi connectivity index (χ4v) is 1.38. The van der Waals surface area contributed by atoms with E-state index in [4.69, 9.17) is 4.74 Å². The van der Waals surface area contributed by atoms with Gasteiger partial charge in [0.1, 0.15) is 5.60 Å². The van der Waals surface area contributed by atoms with E-state index >= 15 is 0 Å². The van der Waals surface area contributed by atoms with Gasteiger partial charge in [0.05, 0.1) is 18.4 Å². The van der Waals surface area contributed by atoms with E-state index in [-0.39, 0.29) is 18.4 Å². The van der Waals surface area contributed by atoms with E-state index in [1.165, 1.54) is 0 Å². The van der Waals surface area contributed by atoms with Crippen LogP contribution in [0.25, 0.3) is 0 Å². The van der Waals surface area contributed by atoms with Crippen LogP contribution in [0.4, 0.5) is 0 Å². The summed E-state index contributed by atoms with van der Waals surface area (Å²) in [4.78, 5) is 34.4. The van der Waals surface area contributed by atoms with Crippen molar-refractivity contribution >= 4 is 17.9 Å². The highest BCUT2D eigenvalue weighted by atomic mass is 16.6. The normalized spacial score (nSPS) is 10.8. The minimum atomic E-state index is -0.746. The second-order valence-electron chi connectivity index (χ2n) is 5.21. The van der Waals surface area contributed by atoms with E-state index in [1.807, 2.05) is 0 Å². The molecule has 108 valence electrons. The van der Waals surface area contributed by atoms with Crippen LogP contribution in [-0.4, -0.2) is 23.5 Å². The monoisotopic (exact) mass is 278 g/mol. The minimum absolute atomic E-state index is 0.113. The van der Waals surface area contributed by atoms with Crippen molar-refractivity contribution in [2.24, 2.45) is 0 Å². The Morgan fingerprint density at radius 3 is 2.05 bits per heavy atom. The Balaban J connectivity index is 2.38. The highest BCUT2D eigenvalue weighted by molar-refractivity contribution is 5.97. The highest BCUT2D eigenvalue weighted by Crippen LogP contribution is 2.10. The van der Waals surface area contributed by atoms with Crippen molar-refractivity contribution < 1.29 is 23.9 Å². The molecule has 20 heavy (non-hydrogen) atoms. The van der Waals surface area contributed by atoms with Crippen LogP contribution < -0.4 is 0 Å². The van der Waals surface area contributed by atoms with Crippen molar-refractivity contribution in [2.45, 2.75) is 39.2 Å². The predicted octanol–water partition coefficient (Wildman–Crippen LogP) is 2.49. The van der Waals surface area contributed by atoms with Crippen molar-refractivity contribution in [3.05, 3.63) is 35.9 Å². The number of hydrogen-bond acceptors (Lipinski definition) is 5. The van der Waals surface area contributed by atoms with Crippen LogP contribution in [0, 0.1) is 0 Å². The lowest BCUT2D eigenvalue weighted by atomic mass is 10.2. The maximum atomic E-state index is 11.6. The summed E-state index contributed by atoms with van der Waals surface area (Å²) in [7, 11) is 0. The van der Waals surface area contributed by atoms with Gasteiger partial charge in [-0.1, -0.05) is 18.2 Å². The zero-order valence-corrected chi connectivity index (χ0v) is 11.8. The molecule has 0 unspecified atom stereocenters. The second kappa shape index (κ2) is 6.84. The number of carbonyl (C=O) groups excluding carboxylic acids is 3. The maximum Gasteiger partial charge on any atom is 0.345 e. The molecule has 0 atom stereocenters. The molecule has 0 aliphatic heterocycles. The standard InChI is InChI=1S/C15H18O5/c1-15(2,3)20-13(17)10-9-12(16)19-14(18)11-7-5-4-6-8-11/h4-8H,9-10H2,1-3H3. The summed E-state index contributed by atoms with van der Waals surface area (Å²) in [5, 5.41) is 0. The molecule has 0 saturated heterocycles. The first-order valence-corrected chi connectivity index (χ1v) is 6.30. The summed E-state index contributed by atoms with van der Waals surface area (Å²) >= 11 is 0. The first kappa shape index (κ1) is 15.9. The first-order chi connectivity index (χ1) is 9.28. The molecular weight excluding hydrogens is 260 g/mol. The van der Waals surface area contributed by atoms with E-state index in [0.29, 0.717) is 0 Å². The summed E-state index contributed by atoms with van der Waals surface area (Å²) in [5.74, 6) is -1.97. The van der Waals surface area contributed by atoms with Gasteiger partial charge in [-0.3, -0.25) is 9.59 Å². The molecule has 0 aliphatic carbocycles. The lowest BCUT2D eigenvalue weighted by Crippen LogP contribution is -2.24. The van der Waals surface area contributed by atoms with E-state index < -0.39 is 23.5 Å². The quantitative estimate of drug-likeness (QED) is 0.625. The lowest BCUT2D eigenvalue weighted by Gasteiger charge is -2.19. The zero-order valence-electron chi connectivity index (χ0n) is 11.8. The molecule has 5 heteroatoms. The largest absolute Gasteiger partial charge is 0.460 e. The summed E-state index contributed by atoms with van der Waals surface area (Å²) in [6.45, 7) is 5.21. The van der Waals surface area contributed by atoms with Gasteiger partial charge in [-0.2, -0.15) is 0 Å². The van der Waals surface area contributed by atoms with Crippen LogP contribution in [0.1, 0.15) is 44.0 Å². The molecule has 0 saturated carbocycles.